The van der Waals surface area contributed by atoms with E-state index in [1.807, 2.05) is 5.32 Å². The molecule has 1 fully saturated rings. The maximum absolute atomic E-state index is 16.2. The Kier molecular flexibility index (Phi) is 6.29. The van der Waals surface area contributed by atoms with Crippen LogP contribution in [0.5, 0.6) is 5.75 Å². The van der Waals surface area contributed by atoms with E-state index in [1.165, 1.54) is 6.07 Å². The fourth-order valence-corrected chi connectivity index (χ4v) is 5.16. The van der Waals surface area contributed by atoms with Crippen LogP contribution in [0.15, 0.2) is 30.5 Å². The van der Waals surface area contributed by atoms with Crippen molar-refractivity contribution in [3.63, 3.8) is 0 Å². The summed E-state index contributed by atoms with van der Waals surface area (Å²) in [6.45, 7) is 9.26. The Morgan fingerprint density at radius 3 is 2.49 bits per heavy atom. The number of alkyl halides is 1. The lowest BCUT2D eigenvalue weighted by molar-refractivity contribution is -0.208. The van der Waals surface area contributed by atoms with Gasteiger partial charge in [-0.15, -0.1) is 0 Å². The number of hydrogen-bond donors (Lipinski definition) is 3. The summed E-state index contributed by atoms with van der Waals surface area (Å²) in [6, 6.07) is 1.51. The molecule has 1 saturated heterocycles. The Morgan fingerprint density at radius 2 is 1.90 bits per heavy atom. The van der Waals surface area contributed by atoms with Gasteiger partial charge in [0.15, 0.2) is 6.20 Å². The van der Waals surface area contributed by atoms with Gasteiger partial charge in [-0.25, -0.2) is 13.3 Å². The molecule has 0 saturated carbocycles. The van der Waals surface area contributed by atoms with Gasteiger partial charge in [-0.1, -0.05) is 48.1 Å². The first-order chi connectivity index (χ1) is 18.9. The molecule has 0 aromatic heterocycles. The van der Waals surface area contributed by atoms with Crippen molar-refractivity contribution in [3.05, 3.63) is 53.0 Å². The van der Waals surface area contributed by atoms with Crippen molar-refractivity contribution in [3.8, 4) is 5.75 Å². The van der Waals surface area contributed by atoms with Gasteiger partial charge >= 0.3 is 7.82 Å². The number of carbonyl (C=O) groups is 1. The normalized spacial score (nSPS) is 34.9. The van der Waals surface area contributed by atoms with Gasteiger partial charge in [0.1, 0.15) is 36.2 Å². The summed E-state index contributed by atoms with van der Waals surface area (Å²) < 4.78 is 104. The molecule has 3 heterocycles. The first kappa shape index (κ1) is 25.6. The van der Waals surface area contributed by atoms with E-state index in [0.717, 1.165) is 0 Å². The van der Waals surface area contributed by atoms with Crippen molar-refractivity contribution in [2.24, 2.45) is 0 Å². The zero-order valence-corrected chi connectivity index (χ0v) is 23.0. The molecule has 0 bridgehead atoms. The number of halogens is 3. The van der Waals surface area contributed by atoms with Crippen LogP contribution >= 0.6 is 7.82 Å². The number of aliphatic hydroxyl groups is 2. The largest absolute Gasteiger partial charge is 0.530 e. The molecule has 39 heavy (non-hydrogen) atoms. The number of ether oxygens (including phenoxy) is 1. The molecular formula is C25H32F3N2O8P. The number of carbonyl (C=O) groups excluding carboxylic acids is 1. The monoisotopic (exact) mass is 579 g/mol. The first-order valence-electron chi connectivity index (χ1n) is 13.3. The molecule has 3 aliphatic rings. The molecule has 4 rings (SSSR count). The Morgan fingerprint density at radius 1 is 1.28 bits per heavy atom. The maximum atomic E-state index is 16.2. The van der Waals surface area contributed by atoms with Crippen molar-refractivity contribution in [1.82, 2.24) is 10.2 Å². The molecule has 216 valence electrons. The van der Waals surface area contributed by atoms with Crippen LogP contribution < -0.4 is 9.84 Å². The van der Waals surface area contributed by atoms with Crippen molar-refractivity contribution in [1.29, 1.82) is 0 Å². The first-order valence-corrected chi connectivity index (χ1v) is 13.3. The van der Waals surface area contributed by atoms with Crippen LogP contribution in [-0.2, 0) is 40.6 Å². The predicted molar refractivity (Wildman–Crippen MR) is 132 cm³/mol. The summed E-state index contributed by atoms with van der Waals surface area (Å²) in [7, 11) is -5.16. The number of aliphatic hydroxyl groups excluding tert-OH is 2. The average Bonchev–Trinajstić information content (AvgIpc) is 3.00. The molecule has 1 amide bonds. The molecule has 10 nitrogen and oxygen atoms in total. The maximum Gasteiger partial charge on any atom is 0.530 e. The van der Waals surface area contributed by atoms with Gasteiger partial charge in [-0.05, 0) is 22.5 Å². The highest BCUT2D eigenvalue weighted by molar-refractivity contribution is 7.49. The van der Waals surface area contributed by atoms with Crippen LogP contribution in [0.25, 0.3) is 0 Å². The van der Waals surface area contributed by atoms with Gasteiger partial charge in [-0.2, -0.15) is 4.39 Å². The second-order valence-electron chi connectivity index (χ2n) is 11.3. The van der Waals surface area contributed by atoms with Crippen LogP contribution in [0.4, 0.5) is 13.2 Å². The molecule has 3 N–H and O–H groups in total. The number of amides is 1. The molecule has 3 aliphatic heterocycles. The lowest BCUT2D eigenvalue weighted by Gasteiger charge is -2.34. The zero-order chi connectivity index (χ0) is 32.0. The minimum Gasteiger partial charge on any atom is -0.403 e. The van der Waals surface area contributed by atoms with E-state index in [1.54, 1.807) is 41.5 Å². The number of benzene rings is 1. The van der Waals surface area contributed by atoms with Crippen LogP contribution in [0.2, 0.25) is 0 Å². The van der Waals surface area contributed by atoms with Crippen molar-refractivity contribution in [2.75, 3.05) is 6.56 Å². The SMILES string of the molecule is [2H]C([2H])(OP1(=O)OCc2c(F)c(C(C)(C)C)cc(C(C)(C)C)c2O1)[C@@]1(F)O[C@@]([2H])(N2C=C(F)C(=O)NC2=C)[C@H](O)[C@@H]1O. The summed E-state index contributed by atoms with van der Waals surface area (Å²) in [6.07, 6.45) is -8.43. The van der Waals surface area contributed by atoms with Crippen molar-refractivity contribution < 1.29 is 55.2 Å². The summed E-state index contributed by atoms with van der Waals surface area (Å²) >= 11 is 0. The fraction of sp³-hybridized carbons (Fsp3) is 0.560. The van der Waals surface area contributed by atoms with Gasteiger partial charge in [0, 0.05) is 11.8 Å². The van der Waals surface area contributed by atoms with Crippen LogP contribution in [0.3, 0.4) is 0 Å². The Labute approximate surface area is 228 Å². The third-order valence-electron chi connectivity index (χ3n) is 6.22. The zero-order valence-electron chi connectivity index (χ0n) is 25.1. The smallest absolute Gasteiger partial charge is 0.403 e. The van der Waals surface area contributed by atoms with Gasteiger partial charge < -0.3 is 29.7 Å². The standard InChI is InChI=1S/C25H32F3N2O8P/c1-12-29-21(33)16(26)9-30(12)22-18(31)20(32)25(28,37-22)11-36-39(34)35-10-13-17(27)14(23(2,3)4)8-15(19(13)38-39)24(5,6)7/h8-9,18,20,22,31-32H,1,10-11H2,2-7H3,(H,29,33)/t18-,20+,22-,25-,39?/m1/s1/i11D2,22D. The predicted octanol–water partition coefficient (Wildman–Crippen LogP) is 3.91. The lowest BCUT2D eigenvalue weighted by atomic mass is 9.78. The summed E-state index contributed by atoms with van der Waals surface area (Å²) in [5.74, 6) is -8.51. The molecule has 1 aromatic carbocycles. The molecular weight excluding hydrogens is 544 g/mol. The van der Waals surface area contributed by atoms with Gasteiger partial charge in [-0.3, -0.25) is 13.8 Å². The highest BCUT2D eigenvalue weighted by atomic mass is 31.2. The van der Waals surface area contributed by atoms with Crippen molar-refractivity contribution >= 4 is 13.7 Å². The van der Waals surface area contributed by atoms with E-state index in [9.17, 15) is 24.0 Å². The highest BCUT2D eigenvalue weighted by Crippen LogP contribution is 2.58. The third-order valence-corrected chi connectivity index (χ3v) is 7.39. The van der Waals surface area contributed by atoms with Gasteiger partial charge in [0.25, 0.3) is 11.8 Å². The number of fused-ring (bicyclic) bond motifs is 1. The van der Waals surface area contributed by atoms with E-state index in [0.29, 0.717) is 22.2 Å². The molecule has 5 atom stereocenters. The third kappa shape index (κ3) is 5.36. The molecule has 1 aromatic rings. The number of rotatable bonds is 4. The van der Waals surface area contributed by atoms with E-state index >= 15 is 8.78 Å². The number of nitrogens with zero attached hydrogens (tertiary/aromatic N) is 1. The minimum atomic E-state index is -5.16. The van der Waals surface area contributed by atoms with E-state index in [2.05, 4.69) is 6.58 Å². The number of phosphoric ester groups is 1. The topological polar surface area (TPSA) is 127 Å². The highest BCUT2D eigenvalue weighted by Gasteiger charge is 2.59. The minimum absolute atomic E-state index is 0.129. The quantitative estimate of drug-likeness (QED) is 0.455. The number of hydrogen-bond acceptors (Lipinski definition) is 9. The van der Waals surface area contributed by atoms with Gasteiger partial charge in [0.05, 0.1) is 16.3 Å². The van der Waals surface area contributed by atoms with Crippen LogP contribution in [-0.4, -0.2) is 51.8 Å². The molecule has 1 unspecified atom stereocenters. The summed E-state index contributed by atoms with van der Waals surface area (Å²) in [5.41, 5.74) is -0.846. The Bertz CT molecular complexity index is 1430. The molecule has 0 aliphatic carbocycles. The van der Waals surface area contributed by atoms with E-state index in [-0.39, 0.29) is 11.3 Å². The fourth-order valence-electron chi connectivity index (χ4n) is 4.06. The van der Waals surface area contributed by atoms with Crippen LogP contribution in [0.1, 0.15) is 62.3 Å². The second kappa shape index (κ2) is 9.60. The van der Waals surface area contributed by atoms with E-state index < -0.39 is 79.5 Å². The second-order valence-corrected chi connectivity index (χ2v) is 12.8. The van der Waals surface area contributed by atoms with E-state index in [4.69, 9.17) is 22.4 Å². The Hall–Kier alpha value is -2.41. The van der Waals surface area contributed by atoms with Crippen LogP contribution in [0, 0.1) is 5.82 Å². The van der Waals surface area contributed by atoms with Gasteiger partial charge in [0.2, 0.25) is 5.83 Å². The molecule has 0 spiro atoms. The molecule has 14 heteroatoms. The molecule has 0 radical (unpaired) electrons. The van der Waals surface area contributed by atoms with Crippen molar-refractivity contribution in [2.45, 2.75) is 83.2 Å². The summed E-state index contributed by atoms with van der Waals surface area (Å²) in [5, 5.41) is 23.0. The lowest BCUT2D eigenvalue weighted by Crippen LogP contribution is -2.47. The number of phosphoric acid groups is 1. The Balaban J connectivity index is 1.71. The average molecular weight is 580 g/mol. The number of nitrogens with one attached hydrogen (secondary N) is 1. The summed E-state index contributed by atoms with van der Waals surface area (Å²) in [4.78, 5) is 11.8.